The highest BCUT2D eigenvalue weighted by molar-refractivity contribution is 5.94. The normalized spacial score (nSPS) is 13.8. The molecule has 2 aromatic rings. The summed E-state index contributed by atoms with van der Waals surface area (Å²) in [6.45, 7) is -0.541. The molecule has 3 amide bonds. The first-order valence-corrected chi connectivity index (χ1v) is 12.2. The Morgan fingerprint density at radius 2 is 1.59 bits per heavy atom. The van der Waals surface area contributed by atoms with Gasteiger partial charge in [-0.25, -0.2) is 9.78 Å². The first-order chi connectivity index (χ1) is 18.6. The minimum Gasteiger partial charge on any atom is -0.480 e. The van der Waals surface area contributed by atoms with E-state index in [2.05, 4.69) is 30.9 Å². The average molecular weight is 546 g/mol. The third-order valence-corrected chi connectivity index (χ3v) is 5.63. The second-order valence-corrected chi connectivity index (χ2v) is 8.73. The summed E-state index contributed by atoms with van der Waals surface area (Å²) >= 11 is 0. The molecule has 4 unspecified atom stereocenters. The van der Waals surface area contributed by atoms with Crippen molar-refractivity contribution in [1.82, 2.24) is 25.9 Å². The fourth-order valence-corrected chi connectivity index (χ4v) is 3.54. The number of imidazole rings is 1. The minimum absolute atomic E-state index is 0.00636. The standard InChI is InChI=1S/C24H35N9O6/c25-16(7-4-8-29-24(26)27)20(35)31-17(10-15-11-28-13-30-15)21(36)33-19(12-34)22(37)32-18(23(38)39)9-14-5-2-1-3-6-14/h1-3,5-6,11,13,16-19,34H,4,7-10,12,25H2,(H,28,30)(H,31,35)(H,32,37)(H,33,36)(H,38,39)(H4,26,27,29). The predicted molar refractivity (Wildman–Crippen MR) is 141 cm³/mol. The van der Waals surface area contributed by atoms with Gasteiger partial charge in [-0.05, 0) is 18.4 Å². The Morgan fingerprint density at radius 1 is 0.949 bits per heavy atom. The van der Waals surface area contributed by atoms with Gasteiger partial charge in [0.05, 0.1) is 19.0 Å². The lowest BCUT2D eigenvalue weighted by atomic mass is 10.1. The lowest BCUT2D eigenvalue weighted by Crippen LogP contribution is -2.58. The number of hydrogen-bond acceptors (Lipinski definition) is 8. The number of rotatable bonds is 16. The maximum atomic E-state index is 13.1. The van der Waals surface area contributed by atoms with Crippen molar-refractivity contribution >= 4 is 29.7 Å². The molecule has 0 aliphatic rings. The van der Waals surface area contributed by atoms with Crippen LogP contribution in [0.2, 0.25) is 0 Å². The van der Waals surface area contributed by atoms with Gasteiger partial charge in [-0.1, -0.05) is 30.3 Å². The van der Waals surface area contributed by atoms with Crippen molar-refractivity contribution in [3.05, 3.63) is 54.1 Å². The van der Waals surface area contributed by atoms with E-state index >= 15 is 0 Å². The summed E-state index contributed by atoms with van der Waals surface area (Å²) < 4.78 is 0. The van der Waals surface area contributed by atoms with Gasteiger partial charge in [-0.2, -0.15) is 0 Å². The number of carboxylic acid groups (broad SMARTS) is 1. The molecular weight excluding hydrogens is 510 g/mol. The number of aliphatic hydroxyl groups is 1. The van der Waals surface area contributed by atoms with E-state index in [-0.39, 0.29) is 31.8 Å². The molecular formula is C24H35N9O6. The first kappa shape index (κ1) is 30.7. The molecule has 0 bridgehead atoms. The van der Waals surface area contributed by atoms with Gasteiger partial charge >= 0.3 is 5.97 Å². The molecule has 15 heteroatoms. The molecule has 1 aromatic carbocycles. The number of benzene rings is 1. The summed E-state index contributed by atoms with van der Waals surface area (Å²) in [4.78, 5) is 60.8. The Morgan fingerprint density at radius 3 is 2.18 bits per heavy atom. The van der Waals surface area contributed by atoms with Crippen LogP contribution >= 0.6 is 0 Å². The molecule has 4 atom stereocenters. The zero-order chi connectivity index (χ0) is 28.8. The minimum atomic E-state index is -1.48. The average Bonchev–Trinajstić information content (AvgIpc) is 3.42. The summed E-state index contributed by atoms with van der Waals surface area (Å²) in [5.74, 6) is -3.69. The second kappa shape index (κ2) is 15.7. The van der Waals surface area contributed by atoms with Crippen LogP contribution in [0.15, 0.2) is 47.8 Å². The Kier molecular flexibility index (Phi) is 12.4. The molecule has 39 heavy (non-hydrogen) atoms. The van der Waals surface area contributed by atoms with Crippen LogP contribution in [0.1, 0.15) is 24.1 Å². The van der Waals surface area contributed by atoms with E-state index in [1.54, 1.807) is 30.3 Å². The van der Waals surface area contributed by atoms with E-state index in [1.165, 1.54) is 12.5 Å². The first-order valence-electron chi connectivity index (χ1n) is 12.2. The largest absolute Gasteiger partial charge is 0.480 e. The predicted octanol–water partition coefficient (Wildman–Crippen LogP) is -2.89. The number of aromatic nitrogens is 2. The Balaban J connectivity index is 2.05. The zero-order valence-electron chi connectivity index (χ0n) is 21.2. The van der Waals surface area contributed by atoms with Crippen molar-refractivity contribution < 1.29 is 29.4 Å². The highest BCUT2D eigenvalue weighted by atomic mass is 16.4. The smallest absolute Gasteiger partial charge is 0.326 e. The molecule has 2 rings (SSSR count). The van der Waals surface area contributed by atoms with Gasteiger partial charge in [0.25, 0.3) is 0 Å². The number of nitrogens with one attached hydrogen (secondary N) is 4. The number of amides is 3. The summed E-state index contributed by atoms with van der Waals surface area (Å²) in [7, 11) is 0. The zero-order valence-corrected chi connectivity index (χ0v) is 21.2. The fraction of sp³-hybridized carbons (Fsp3) is 0.417. The molecule has 0 saturated heterocycles. The van der Waals surface area contributed by atoms with Crippen molar-refractivity contribution in [2.24, 2.45) is 22.2 Å². The number of nitrogens with zero attached hydrogens (tertiary/aromatic N) is 2. The van der Waals surface area contributed by atoms with Crippen molar-refractivity contribution in [2.45, 2.75) is 49.9 Å². The van der Waals surface area contributed by atoms with Crippen LogP contribution in [0, 0.1) is 0 Å². The number of H-pyrrole nitrogens is 1. The highest BCUT2D eigenvalue weighted by Crippen LogP contribution is 2.05. The second-order valence-electron chi connectivity index (χ2n) is 8.73. The molecule has 1 aromatic heterocycles. The van der Waals surface area contributed by atoms with E-state index in [0.717, 1.165) is 0 Å². The molecule has 0 saturated carbocycles. The number of guanidine groups is 1. The van der Waals surface area contributed by atoms with E-state index < -0.39 is 54.5 Å². The summed E-state index contributed by atoms with van der Waals surface area (Å²) in [5.41, 5.74) is 17.7. The van der Waals surface area contributed by atoms with Gasteiger partial charge in [0, 0.05) is 31.3 Å². The number of carbonyl (C=O) groups is 4. The van der Waals surface area contributed by atoms with Gasteiger partial charge in [0.15, 0.2) is 5.96 Å². The number of aliphatic carboxylic acids is 1. The Labute approximate surface area is 224 Å². The third kappa shape index (κ3) is 10.8. The molecule has 12 N–H and O–H groups in total. The van der Waals surface area contributed by atoms with Gasteiger partial charge < -0.3 is 48.3 Å². The number of aromatic amines is 1. The lowest BCUT2D eigenvalue weighted by Gasteiger charge is -2.24. The van der Waals surface area contributed by atoms with Crippen molar-refractivity contribution in [2.75, 3.05) is 13.2 Å². The van der Waals surface area contributed by atoms with Crippen molar-refractivity contribution in [3.63, 3.8) is 0 Å². The number of carboxylic acids is 1. The molecule has 1 heterocycles. The Bertz CT molecular complexity index is 1110. The summed E-state index contributed by atoms with van der Waals surface area (Å²) in [6, 6.07) is 3.71. The highest BCUT2D eigenvalue weighted by Gasteiger charge is 2.30. The molecule has 0 aliphatic carbocycles. The SMILES string of the molecule is NC(N)=NCCCC(N)C(=O)NC(Cc1cnc[nH]1)C(=O)NC(CO)C(=O)NC(Cc1ccccc1)C(=O)O. The Hall–Kier alpha value is -4.50. The van der Waals surface area contributed by atoms with E-state index in [1.807, 2.05) is 0 Å². The third-order valence-electron chi connectivity index (χ3n) is 5.63. The number of carbonyl (C=O) groups excluding carboxylic acids is 3. The molecule has 15 nitrogen and oxygen atoms in total. The van der Waals surface area contributed by atoms with Gasteiger partial charge in [0.2, 0.25) is 17.7 Å². The quantitative estimate of drug-likeness (QED) is 0.0590. The van der Waals surface area contributed by atoms with Crippen LogP contribution in [0.25, 0.3) is 0 Å². The monoisotopic (exact) mass is 545 g/mol. The number of aliphatic hydroxyl groups excluding tert-OH is 1. The van der Waals surface area contributed by atoms with Crippen LogP contribution in [-0.2, 0) is 32.0 Å². The van der Waals surface area contributed by atoms with Crippen LogP contribution in [0.5, 0.6) is 0 Å². The number of aliphatic imine (C=N–C) groups is 1. The number of hydrogen-bond donors (Lipinski definition) is 9. The fourth-order valence-electron chi connectivity index (χ4n) is 3.54. The van der Waals surface area contributed by atoms with Gasteiger partial charge in [-0.3, -0.25) is 19.4 Å². The van der Waals surface area contributed by atoms with E-state index in [0.29, 0.717) is 17.7 Å². The van der Waals surface area contributed by atoms with Gasteiger partial charge in [0.1, 0.15) is 18.1 Å². The molecule has 212 valence electrons. The molecule has 0 spiro atoms. The summed E-state index contributed by atoms with van der Waals surface area (Å²) in [6.07, 6.45) is 3.48. The van der Waals surface area contributed by atoms with Crippen molar-refractivity contribution in [1.29, 1.82) is 0 Å². The molecule has 0 radical (unpaired) electrons. The van der Waals surface area contributed by atoms with Crippen LogP contribution in [0.3, 0.4) is 0 Å². The lowest BCUT2D eigenvalue weighted by molar-refractivity contribution is -0.142. The van der Waals surface area contributed by atoms with E-state index in [4.69, 9.17) is 17.2 Å². The molecule has 0 fully saturated rings. The maximum absolute atomic E-state index is 13.1. The van der Waals surface area contributed by atoms with Crippen molar-refractivity contribution in [3.8, 4) is 0 Å². The topological polar surface area (TPSA) is 264 Å². The van der Waals surface area contributed by atoms with Crippen LogP contribution in [-0.4, -0.2) is 87.2 Å². The van der Waals surface area contributed by atoms with E-state index in [9.17, 15) is 29.4 Å². The number of nitrogens with two attached hydrogens (primary N) is 3. The van der Waals surface area contributed by atoms with Crippen LogP contribution in [0.4, 0.5) is 0 Å². The maximum Gasteiger partial charge on any atom is 0.326 e. The molecule has 0 aliphatic heterocycles. The summed E-state index contributed by atoms with van der Waals surface area (Å²) in [5, 5.41) is 26.6. The van der Waals surface area contributed by atoms with Gasteiger partial charge in [-0.15, -0.1) is 0 Å². The van der Waals surface area contributed by atoms with Crippen LogP contribution < -0.4 is 33.2 Å².